The SMILES string of the molecule is COc1ccc2[nH]cc(/C=C/c3ccccc3)c2c1. The molecule has 0 aliphatic carbocycles. The van der Waals surface area contributed by atoms with Gasteiger partial charge in [-0.2, -0.15) is 0 Å². The minimum atomic E-state index is 0.876. The van der Waals surface area contributed by atoms with Crippen molar-refractivity contribution in [2.24, 2.45) is 0 Å². The first-order valence-electron chi connectivity index (χ1n) is 6.25. The molecule has 1 heterocycles. The molecule has 0 saturated carbocycles. The van der Waals surface area contributed by atoms with Crippen molar-refractivity contribution in [3.05, 3.63) is 65.9 Å². The maximum Gasteiger partial charge on any atom is 0.119 e. The van der Waals surface area contributed by atoms with Crippen molar-refractivity contribution in [1.29, 1.82) is 0 Å². The Kier molecular flexibility index (Phi) is 3.07. The number of aromatic nitrogens is 1. The van der Waals surface area contributed by atoms with Crippen LogP contribution in [0.25, 0.3) is 23.1 Å². The fraction of sp³-hybridized carbons (Fsp3) is 0.0588. The highest BCUT2D eigenvalue weighted by Crippen LogP contribution is 2.24. The van der Waals surface area contributed by atoms with Crippen molar-refractivity contribution in [2.45, 2.75) is 0 Å². The molecule has 2 nitrogen and oxygen atoms in total. The lowest BCUT2D eigenvalue weighted by Gasteiger charge is -1.99. The van der Waals surface area contributed by atoms with Gasteiger partial charge in [-0.25, -0.2) is 0 Å². The fourth-order valence-corrected chi connectivity index (χ4v) is 2.14. The Morgan fingerprint density at radius 1 is 1.00 bits per heavy atom. The van der Waals surface area contributed by atoms with E-state index in [1.165, 1.54) is 10.9 Å². The van der Waals surface area contributed by atoms with Crippen molar-refractivity contribution in [1.82, 2.24) is 4.98 Å². The van der Waals surface area contributed by atoms with E-state index < -0.39 is 0 Å². The number of hydrogen-bond acceptors (Lipinski definition) is 1. The van der Waals surface area contributed by atoms with E-state index in [2.05, 4.69) is 35.3 Å². The first kappa shape index (κ1) is 11.6. The summed E-state index contributed by atoms with van der Waals surface area (Å²) in [4.78, 5) is 3.27. The van der Waals surface area contributed by atoms with Gasteiger partial charge in [0.1, 0.15) is 5.75 Å². The molecule has 19 heavy (non-hydrogen) atoms. The summed E-state index contributed by atoms with van der Waals surface area (Å²) in [5.74, 6) is 0.876. The van der Waals surface area contributed by atoms with E-state index in [1.807, 2.05) is 36.5 Å². The van der Waals surface area contributed by atoms with E-state index in [1.54, 1.807) is 7.11 Å². The second-order valence-electron chi connectivity index (χ2n) is 4.40. The molecule has 0 aliphatic rings. The van der Waals surface area contributed by atoms with E-state index >= 15 is 0 Å². The van der Waals surface area contributed by atoms with Crippen molar-refractivity contribution >= 4 is 23.1 Å². The van der Waals surface area contributed by atoms with E-state index in [4.69, 9.17) is 4.74 Å². The Balaban J connectivity index is 1.99. The highest BCUT2D eigenvalue weighted by molar-refractivity contribution is 5.92. The van der Waals surface area contributed by atoms with Crippen molar-refractivity contribution < 1.29 is 4.74 Å². The third-order valence-corrected chi connectivity index (χ3v) is 3.18. The zero-order valence-corrected chi connectivity index (χ0v) is 10.8. The van der Waals surface area contributed by atoms with Gasteiger partial charge in [-0.1, -0.05) is 42.5 Å². The van der Waals surface area contributed by atoms with Crippen LogP contribution in [0.3, 0.4) is 0 Å². The van der Waals surface area contributed by atoms with E-state index in [9.17, 15) is 0 Å². The Hall–Kier alpha value is -2.48. The maximum absolute atomic E-state index is 5.27. The number of benzene rings is 2. The minimum Gasteiger partial charge on any atom is -0.497 e. The second kappa shape index (κ2) is 5.02. The monoisotopic (exact) mass is 249 g/mol. The van der Waals surface area contributed by atoms with Crippen LogP contribution < -0.4 is 4.74 Å². The van der Waals surface area contributed by atoms with Gasteiger partial charge in [0.2, 0.25) is 0 Å². The molecular weight excluding hydrogens is 234 g/mol. The number of nitrogens with one attached hydrogen (secondary N) is 1. The molecule has 0 spiro atoms. The van der Waals surface area contributed by atoms with E-state index in [0.717, 1.165) is 16.8 Å². The van der Waals surface area contributed by atoms with Gasteiger partial charge >= 0.3 is 0 Å². The van der Waals surface area contributed by atoms with Crippen molar-refractivity contribution in [2.75, 3.05) is 7.11 Å². The summed E-state index contributed by atoms with van der Waals surface area (Å²) in [6.07, 6.45) is 6.25. The van der Waals surface area contributed by atoms with Gasteiger partial charge in [0.15, 0.2) is 0 Å². The van der Waals surface area contributed by atoms with Crippen LogP contribution in [0.2, 0.25) is 0 Å². The highest BCUT2D eigenvalue weighted by atomic mass is 16.5. The van der Waals surface area contributed by atoms with Crippen LogP contribution in [0.5, 0.6) is 5.75 Å². The molecule has 0 radical (unpaired) electrons. The molecule has 0 bridgehead atoms. The van der Waals surface area contributed by atoms with Crippen LogP contribution in [0.4, 0.5) is 0 Å². The molecule has 1 N–H and O–H groups in total. The van der Waals surface area contributed by atoms with Crippen molar-refractivity contribution in [3.63, 3.8) is 0 Å². The largest absolute Gasteiger partial charge is 0.497 e. The van der Waals surface area contributed by atoms with E-state index in [0.29, 0.717) is 0 Å². The molecule has 3 aromatic rings. The van der Waals surface area contributed by atoms with Crippen molar-refractivity contribution in [3.8, 4) is 5.75 Å². The number of ether oxygens (including phenoxy) is 1. The normalized spacial score (nSPS) is 11.2. The number of methoxy groups -OCH3 is 1. The third-order valence-electron chi connectivity index (χ3n) is 3.18. The first-order chi connectivity index (χ1) is 9.36. The smallest absolute Gasteiger partial charge is 0.119 e. The van der Waals surface area contributed by atoms with Gasteiger partial charge in [0, 0.05) is 17.1 Å². The molecule has 94 valence electrons. The molecule has 0 amide bonds. The summed E-state index contributed by atoms with van der Waals surface area (Å²) in [5.41, 5.74) is 3.48. The minimum absolute atomic E-state index is 0.876. The summed E-state index contributed by atoms with van der Waals surface area (Å²) in [6, 6.07) is 16.3. The molecule has 2 aromatic carbocycles. The summed E-state index contributed by atoms with van der Waals surface area (Å²) < 4.78 is 5.27. The average Bonchev–Trinajstić information content (AvgIpc) is 2.88. The molecule has 1 aromatic heterocycles. The Labute approximate surface area is 112 Å². The topological polar surface area (TPSA) is 25.0 Å². The molecule has 0 fully saturated rings. The first-order valence-corrected chi connectivity index (χ1v) is 6.25. The third kappa shape index (κ3) is 2.38. The average molecular weight is 249 g/mol. The van der Waals surface area contributed by atoms with Crippen LogP contribution in [-0.2, 0) is 0 Å². The Bertz CT molecular complexity index is 710. The number of aromatic amines is 1. The maximum atomic E-state index is 5.27. The fourth-order valence-electron chi connectivity index (χ4n) is 2.14. The Morgan fingerprint density at radius 3 is 2.63 bits per heavy atom. The van der Waals surface area contributed by atoms with Gasteiger partial charge in [-0.05, 0) is 29.3 Å². The van der Waals surface area contributed by atoms with E-state index in [-0.39, 0.29) is 0 Å². The van der Waals surface area contributed by atoms with Gasteiger partial charge in [-0.15, -0.1) is 0 Å². The zero-order valence-electron chi connectivity index (χ0n) is 10.8. The lowest BCUT2D eigenvalue weighted by atomic mass is 10.1. The van der Waals surface area contributed by atoms with Crippen LogP contribution in [-0.4, -0.2) is 12.1 Å². The summed E-state index contributed by atoms with van der Waals surface area (Å²) in [6.45, 7) is 0. The number of fused-ring (bicyclic) bond motifs is 1. The Morgan fingerprint density at radius 2 is 1.84 bits per heavy atom. The number of hydrogen-bond donors (Lipinski definition) is 1. The van der Waals surface area contributed by atoms with Crippen LogP contribution in [0, 0.1) is 0 Å². The van der Waals surface area contributed by atoms with Crippen LogP contribution in [0.15, 0.2) is 54.7 Å². The zero-order chi connectivity index (χ0) is 13.1. The molecule has 0 atom stereocenters. The molecular formula is C17H15NO. The summed E-state index contributed by atoms with van der Waals surface area (Å²) >= 11 is 0. The molecule has 0 saturated heterocycles. The number of rotatable bonds is 3. The molecule has 2 heteroatoms. The standard InChI is InChI=1S/C17H15NO/c1-19-15-9-10-17-16(11-15)14(12-18-17)8-7-13-5-3-2-4-6-13/h2-12,18H,1H3/b8-7+. The predicted octanol–water partition coefficient (Wildman–Crippen LogP) is 4.35. The lowest BCUT2D eigenvalue weighted by Crippen LogP contribution is -1.81. The predicted molar refractivity (Wildman–Crippen MR) is 80.2 cm³/mol. The summed E-state index contributed by atoms with van der Waals surface area (Å²) in [5, 5.41) is 1.17. The van der Waals surface area contributed by atoms with Crippen LogP contribution >= 0.6 is 0 Å². The second-order valence-corrected chi connectivity index (χ2v) is 4.40. The molecule has 3 rings (SSSR count). The molecule has 0 unspecified atom stereocenters. The number of H-pyrrole nitrogens is 1. The van der Waals surface area contributed by atoms with Gasteiger partial charge in [-0.3, -0.25) is 0 Å². The summed E-state index contributed by atoms with van der Waals surface area (Å²) in [7, 11) is 1.69. The lowest BCUT2D eigenvalue weighted by molar-refractivity contribution is 0.415. The van der Waals surface area contributed by atoms with Gasteiger partial charge in [0.25, 0.3) is 0 Å². The van der Waals surface area contributed by atoms with Crippen LogP contribution in [0.1, 0.15) is 11.1 Å². The molecule has 0 aliphatic heterocycles. The van der Waals surface area contributed by atoms with Gasteiger partial charge in [0.05, 0.1) is 7.11 Å². The van der Waals surface area contributed by atoms with Gasteiger partial charge < -0.3 is 9.72 Å². The quantitative estimate of drug-likeness (QED) is 0.733. The highest BCUT2D eigenvalue weighted by Gasteiger charge is 2.02.